The van der Waals surface area contributed by atoms with Crippen molar-refractivity contribution in [3.8, 4) is 6.07 Å². The van der Waals surface area contributed by atoms with Gasteiger partial charge in [0, 0.05) is 18.9 Å². The van der Waals surface area contributed by atoms with E-state index in [0.29, 0.717) is 11.5 Å². The standard InChI is InChI=1S/C14H17NO.C5H12N2/c1-3-4-14(11(2)16)9-12-5-7-13(10-15)8-6-12;1-4(2)5(6)7-3/h5-8,14H,3-4,9H2,1-2H3;4H,1-3H3,(H2,6,7). The van der Waals surface area contributed by atoms with E-state index in [2.05, 4.69) is 18.0 Å². The molecule has 126 valence electrons. The first-order valence-corrected chi connectivity index (χ1v) is 8.07. The summed E-state index contributed by atoms with van der Waals surface area (Å²) in [5.41, 5.74) is 7.16. The van der Waals surface area contributed by atoms with Gasteiger partial charge in [-0.25, -0.2) is 0 Å². The fraction of sp³-hybridized carbons (Fsp3) is 0.526. The van der Waals surface area contributed by atoms with Gasteiger partial charge < -0.3 is 5.73 Å². The molecule has 1 unspecified atom stereocenters. The number of hydrogen-bond acceptors (Lipinski definition) is 3. The number of Topliss-reactive ketones (excluding diaryl/α,β-unsaturated/α-hetero) is 1. The van der Waals surface area contributed by atoms with Gasteiger partial charge >= 0.3 is 0 Å². The second kappa shape index (κ2) is 11.4. The summed E-state index contributed by atoms with van der Waals surface area (Å²) < 4.78 is 0. The zero-order valence-corrected chi connectivity index (χ0v) is 15.0. The fourth-order valence-electron chi connectivity index (χ4n) is 2.06. The molecule has 1 atom stereocenters. The van der Waals surface area contributed by atoms with Crippen LogP contribution in [0.15, 0.2) is 29.3 Å². The monoisotopic (exact) mass is 315 g/mol. The number of nitrogens with two attached hydrogens (primary N) is 1. The van der Waals surface area contributed by atoms with E-state index in [9.17, 15) is 4.79 Å². The molecule has 0 aliphatic carbocycles. The average Bonchev–Trinajstić information content (AvgIpc) is 2.54. The predicted molar refractivity (Wildman–Crippen MR) is 96.3 cm³/mol. The zero-order valence-electron chi connectivity index (χ0n) is 15.0. The summed E-state index contributed by atoms with van der Waals surface area (Å²) in [5, 5.41) is 8.68. The van der Waals surface area contributed by atoms with Gasteiger partial charge in [0.25, 0.3) is 0 Å². The number of carbonyl (C=O) groups is 1. The molecule has 4 heteroatoms. The lowest BCUT2D eigenvalue weighted by atomic mass is 9.91. The van der Waals surface area contributed by atoms with Gasteiger partial charge in [-0.3, -0.25) is 9.79 Å². The molecule has 1 aromatic carbocycles. The summed E-state index contributed by atoms with van der Waals surface area (Å²) in [7, 11) is 1.70. The smallest absolute Gasteiger partial charge is 0.133 e. The Kier molecular flexibility index (Phi) is 10.4. The molecule has 0 bridgehead atoms. The first-order chi connectivity index (χ1) is 10.8. The molecule has 23 heavy (non-hydrogen) atoms. The van der Waals surface area contributed by atoms with Crippen molar-refractivity contribution in [2.45, 2.75) is 47.0 Å². The van der Waals surface area contributed by atoms with Crippen LogP contribution in [0.1, 0.15) is 51.7 Å². The van der Waals surface area contributed by atoms with E-state index in [1.54, 1.807) is 26.1 Å². The Morgan fingerprint density at radius 1 is 1.30 bits per heavy atom. The molecule has 2 N–H and O–H groups in total. The molecule has 1 aromatic rings. The Morgan fingerprint density at radius 3 is 2.17 bits per heavy atom. The number of benzene rings is 1. The third-order valence-corrected chi connectivity index (χ3v) is 3.63. The minimum Gasteiger partial charge on any atom is -0.387 e. The van der Waals surface area contributed by atoms with E-state index in [1.165, 1.54) is 0 Å². The number of ketones is 1. The molecule has 1 rings (SSSR count). The van der Waals surface area contributed by atoms with Crippen LogP contribution in [0.3, 0.4) is 0 Å². The second-order valence-corrected chi connectivity index (χ2v) is 5.91. The topological polar surface area (TPSA) is 79.2 Å². The lowest BCUT2D eigenvalue weighted by Crippen LogP contribution is -2.17. The minimum absolute atomic E-state index is 0.123. The summed E-state index contributed by atoms with van der Waals surface area (Å²) in [5.74, 6) is 1.49. The van der Waals surface area contributed by atoms with Crippen LogP contribution in [0.25, 0.3) is 0 Å². The second-order valence-electron chi connectivity index (χ2n) is 5.91. The van der Waals surface area contributed by atoms with Gasteiger partial charge in [-0.15, -0.1) is 0 Å². The molecule has 0 aliphatic heterocycles. The van der Waals surface area contributed by atoms with Crippen LogP contribution in [0.2, 0.25) is 0 Å². The fourth-order valence-corrected chi connectivity index (χ4v) is 2.06. The Labute approximate surface area is 140 Å². The highest BCUT2D eigenvalue weighted by Gasteiger charge is 2.13. The number of amidine groups is 1. The summed E-state index contributed by atoms with van der Waals surface area (Å²) in [4.78, 5) is 15.2. The lowest BCUT2D eigenvalue weighted by molar-refractivity contribution is -0.120. The van der Waals surface area contributed by atoms with E-state index in [-0.39, 0.29) is 11.7 Å². The van der Waals surface area contributed by atoms with Crippen molar-refractivity contribution >= 4 is 11.6 Å². The molecule has 0 radical (unpaired) electrons. The van der Waals surface area contributed by atoms with Gasteiger partial charge in [-0.2, -0.15) is 5.26 Å². The normalized spacial score (nSPS) is 12.1. The van der Waals surface area contributed by atoms with Gasteiger partial charge in [-0.05, 0) is 37.5 Å². The van der Waals surface area contributed by atoms with Crippen LogP contribution >= 0.6 is 0 Å². The van der Waals surface area contributed by atoms with Crippen LogP contribution in [0, 0.1) is 23.2 Å². The average molecular weight is 315 g/mol. The van der Waals surface area contributed by atoms with Crippen LogP contribution in [0.5, 0.6) is 0 Å². The molecule has 0 saturated heterocycles. The van der Waals surface area contributed by atoms with E-state index in [0.717, 1.165) is 30.7 Å². The van der Waals surface area contributed by atoms with Gasteiger partial charge in [0.1, 0.15) is 5.78 Å². The molecule has 4 nitrogen and oxygen atoms in total. The Bertz CT molecular complexity index is 539. The van der Waals surface area contributed by atoms with Crippen molar-refractivity contribution in [3.63, 3.8) is 0 Å². The van der Waals surface area contributed by atoms with Gasteiger partial charge in [0.15, 0.2) is 0 Å². The molecule has 0 saturated carbocycles. The molecule has 0 aromatic heterocycles. The van der Waals surface area contributed by atoms with Crippen molar-refractivity contribution < 1.29 is 4.79 Å². The third-order valence-electron chi connectivity index (χ3n) is 3.63. The van der Waals surface area contributed by atoms with E-state index < -0.39 is 0 Å². The molecule has 0 spiro atoms. The van der Waals surface area contributed by atoms with E-state index >= 15 is 0 Å². The Morgan fingerprint density at radius 2 is 1.87 bits per heavy atom. The first kappa shape index (κ1) is 20.9. The maximum Gasteiger partial charge on any atom is 0.133 e. The summed E-state index contributed by atoms with van der Waals surface area (Å²) >= 11 is 0. The number of nitrogens with zero attached hydrogens (tertiary/aromatic N) is 2. The predicted octanol–water partition coefficient (Wildman–Crippen LogP) is 3.74. The van der Waals surface area contributed by atoms with Crippen molar-refractivity contribution in [1.82, 2.24) is 0 Å². The summed E-state index contributed by atoms with van der Waals surface area (Å²) in [6, 6.07) is 9.57. The van der Waals surface area contributed by atoms with E-state index in [4.69, 9.17) is 11.0 Å². The van der Waals surface area contributed by atoms with Crippen molar-refractivity contribution in [2.75, 3.05) is 7.05 Å². The molecular formula is C19H29N3O. The van der Waals surface area contributed by atoms with Crippen LogP contribution in [0.4, 0.5) is 0 Å². The lowest BCUT2D eigenvalue weighted by Gasteiger charge is -2.12. The zero-order chi connectivity index (χ0) is 17.8. The van der Waals surface area contributed by atoms with Crippen LogP contribution in [-0.2, 0) is 11.2 Å². The van der Waals surface area contributed by atoms with E-state index in [1.807, 2.05) is 26.0 Å². The van der Waals surface area contributed by atoms with Crippen molar-refractivity contribution in [2.24, 2.45) is 22.6 Å². The number of hydrogen-bond donors (Lipinski definition) is 1. The third kappa shape index (κ3) is 8.77. The van der Waals surface area contributed by atoms with Gasteiger partial charge in [0.05, 0.1) is 17.5 Å². The van der Waals surface area contributed by atoms with Gasteiger partial charge in [0.2, 0.25) is 0 Å². The van der Waals surface area contributed by atoms with Crippen LogP contribution in [-0.4, -0.2) is 18.7 Å². The summed E-state index contributed by atoms with van der Waals surface area (Å²) in [6.07, 6.45) is 2.75. The SMILES string of the molecule is CCCC(Cc1ccc(C#N)cc1)C(C)=O.CN=C(N)C(C)C. The molecule has 0 aliphatic rings. The number of rotatable bonds is 6. The maximum absolute atomic E-state index is 11.4. The summed E-state index contributed by atoms with van der Waals surface area (Å²) in [6.45, 7) is 7.78. The molecule has 0 fully saturated rings. The highest BCUT2D eigenvalue weighted by molar-refractivity contribution is 5.81. The largest absolute Gasteiger partial charge is 0.387 e. The quantitative estimate of drug-likeness (QED) is 0.641. The molecule has 0 amide bonds. The minimum atomic E-state index is 0.123. The highest BCUT2D eigenvalue weighted by Crippen LogP contribution is 2.15. The maximum atomic E-state index is 11.4. The van der Waals surface area contributed by atoms with Crippen LogP contribution < -0.4 is 5.73 Å². The molecular weight excluding hydrogens is 286 g/mol. The number of carbonyl (C=O) groups excluding carboxylic acids is 1. The highest BCUT2D eigenvalue weighted by atomic mass is 16.1. The Balaban J connectivity index is 0.000000585. The Hall–Kier alpha value is -2.15. The van der Waals surface area contributed by atoms with Crippen molar-refractivity contribution in [3.05, 3.63) is 35.4 Å². The number of nitriles is 1. The first-order valence-electron chi connectivity index (χ1n) is 8.07. The van der Waals surface area contributed by atoms with Crippen molar-refractivity contribution in [1.29, 1.82) is 5.26 Å². The molecule has 0 heterocycles. The number of aliphatic imine (C=N–C) groups is 1. The van der Waals surface area contributed by atoms with Gasteiger partial charge in [-0.1, -0.05) is 39.3 Å².